The fourth-order valence-corrected chi connectivity index (χ4v) is 11.5. The normalized spacial score (nSPS) is 29.5. The highest BCUT2D eigenvalue weighted by Crippen LogP contribution is 2.49. The molecule has 21 atom stereocenters. The van der Waals surface area contributed by atoms with Crippen LogP contribution >= 0.6 is 0 Å². The number of phenols is 6. The lowest BCUT2D eigenvalue weighted by Crippen LogP contribution is -2.60. The quantitative estimate of drug-likeness (QED) is 0.0201. The summed E-state index contributed by atoms with van der Waals surface area (Å²) in [6.45, 7) is -3.24. The number of ether oxygens (including phenoxy) is 13. The van der Waals surface area contributed by atoms with Crippen LogP contribution < -0.4 is 18.9 Å². The van der Waals surface area contributed by atoms with E-state index in [1.807, 2.05) is 0 Å². The molecule has 0 aromatic heterocycles. The zero-order valence-corrected chi connectivity index (χ0v) is 57.2. The zero-order chi connectivity index (χ0) is 78.8. The second kappa shape index (κ2) is 35.6. The van der Waals surface area contributed by atoms with Gasteiger partial charge < -0.3 is 153 Å². The Labute approximate surface area is 622 Å². The number of aliphatic hydroxyl groups excluding tert-OH is 12. The van der Waals surface area contributed by atoms with Gasteiger partial charge in [-0.05, 0) is 113 Å². The van der Waals surface area contributed by atoms with E-state index in [0.717, 1.165) is 54.6 Å². The number of rotatable bonds is 25. The van der Waals surface area contributed by atoms with Gasteiger partial charge in [0.05, 0.1) is 5.56 Å². The second-order valence-electron chi connectivity index (χ2n) is 25.5. The number of carbonyl (C=O) groups is 4. The van der Waals surface area contributed by atoms with Crippen LogP contribution in [0.25, 0.3) is 30.4 Å². The van der Waals surface area contributed by atoms with Crippen LogP contribution in [0.4, 0.5) is 0 Å². The molecule has 4 fully saturated rings. The maximum absolute atomic E-state index is 13.0. The highest BCUT2D eigenvalue weighted by Gasteiger charge is 2.51. The predicted molar refractivity (Wildman–Crippen MR) is 370 cm³/mol. The average molecular weight is 1540 g/mol. The number of carbonyl (C=O) groups excluding carboxylic acids is 4. The first kappa shape index (κ1) is 80.1. The van der Waals surface area contributed by atoms with E-state index in [1.165, 1.54) is 121 Å². The predicted octanol–water partition coefficient (Wildman–Crippen LogP) is -0.195. The van der Waals surface area contributed by atoms with Gasteiger partial charge in [-0.3, -0.25) is 0 Å². The van der Waals surface area contributed by atoms with E-state index < -0.39 is 225 Å². The summed E-state index contributed by atoms with van der Waals surface area (Å²) in [5.41, 5.74) is 1.14. The summed E-state index contributed by atoms with van der Waals surface area (Å²) in [5, 5.41) is 198. The Morgan fingerprint density at radius 3 is 0.945 bits per heavy atom. The van der Waals surface area contributed by atoms with Gasteiger partial charge >= 0.3 is 23.9 Å². The van der Waals surface area contributed by atoms with Crippen LogP contribution in [-0.4, -0.2) is 265 Å². The largest absolute Gasteiger partial charge is 0.508 e. The number of hydrogen-bond acceptors (Lipinski definition) is 35. The van der Waals surface area contributed by atoms with Crippen molar-refractivity contribution in [1.29, 1.82) is 0 Å². The van der Waals surface area contributed by atoms with E-state index in [0.29, 0.717) is 22.3 Å². The molecule has 586 valence electrons. The van der Waals surface area contributed by atoms with Gasteiger partial charge in [-0.1, -0.05) is 48.5 Å². The van der Waals surface area contributed by atoms with Crippen molar-refractivity contribution in [2.75, 3.05) is 26.4 Å². The van der Waals surface area contributed by atoms with Crippen LogP contribution in [0.5, 0.6) is 57.5 Å². The molecule has 6 aromatic carbocycles. The number of hydrogen-bond donors (Lipinski definition) is 18. The molecule has 35 heteroatoms. The Hall–Kier alpha value is -10.9. The molecule has 18 N–H and O–H groups in total. The number of phenolic OH excluding ortho intramolecular Hbond substituents is 6. The van der Waals surface area contributed by atoms with Crippen molar-refractivity contribution in [2.24, 2.45) is 0 Å². The lowest BCUT2D eigenvalue weighted by molar-refractivity contribution is -0.294. The van der Waals surface area contributed by atoms with Crippen molar-refractivity contribution < 1.29 is 173 Å². The van der Waals surface area contributed by atoms with Crippen LogP contribution in [0.3, 0.4) is 0 Å². The Bertz CT molecular complexity index is 4210. The van der Waals surface area contributed by atoms with E-state index in [9.17, 15) is 111 Å². The molecule has 35 nitrogen and oxygen atoms in total. The van der Waals surface area contributed by atoms with E-state index in [4.69, 9.17) is 61.6 Å². The fourth-order valence-electron chi connectivity index (χ4n) is 11.5. The molecule has 5 aliphatic heterocycles. The fraction of sp³-hybridized carbons (Fsp3) is 0.333. The number of esters is 4. The van der Waals surface area contributed by atoms with Crippen molar-refractivity contribution in [3.8, 4) is 57.5 Å². The van der Waals surface area contributed by atoms with Gasteiger partial charge in [0.1, 0.15) is 170 Å². The second-order valence-corrected chi connectivity index (χ2v) is 25.5. The van der Waals surface area contributed by atoms with Crippen molar-refractivity contribution >= 4 is 54.3 Å². The maximum atomic E-state index is 13.0. The minimum atomic E-state index is -2.26. The Balaban J connectivity index is 0.934. The molecule has 5 aliphatic rings. The van der Waals surface area contributed by atoms with Gasteiger partial charge in [0.15, 0.2) is 17.6 Å². The van der Waals surface area contributed by atoms with E-state index in [1.54, 1.807) is 0 Å². The highest BCUT2D eigenvalue weighted by atomic mass is 16.7. The molecule has 1 unspecified atom stereocenters. The summed E-state index contributed by atoms with van der Waals surface area (Å²) in [4.78, 5) is 51.7. The van der Waals surface area contributed by atoms with Gasteiger partial charge in [0, 0.05) is 42.0 Å². The number of aliphatic hydroxyl groups is 12. The van der Waals surface area contributed by atoms with Crippen LogP contribution in [0.15, 0.2) is 151 Å². The minimum absolute atomic E-state index is 0.0346. The first-order valence-corrected chi connectivity index (χ1v) is 33.7. The molecule has 0 aliphatic carbocycles. The third-order valence-corrected chi connectivity index (χ3v) is 17.7. The van der Waals surface area contributed by atoms with Crippen LogP contribution in [0, 0.1) is 0 Å². The Morgan fingerprint density at radius 1 is 0.345 bits per heavy atom. The number of fused-ring (bicyclic) bond motifs is 1. The number of aromatic hydroxyl groups is 6. The molecule has 5 heterocycles. The Morgan fingerprint density at radius 2 is 0.636 bits per heavy atom. The summed E-state index contributed by atoms with van der Waals surface area (Å²) in [7, 11) is 0. The monoisotopic (exact) mass is 1540 g/mol. The highest BCUT2D eigenvalue weighted by molar-refractivity contribution is 5.89. The van der Waals surface area contributed by atoms with Crippen molar-refractivity contribution in [3.05, 3.63) is 185 Å². The van der Waals surface area contributed by atoms with E-state index in [2.05, 4.69) is 0 Å². The van der Waals surface area contributed by atoms with Gasteiger partial charge in [-0.15, -0.1) is 0 Å². The summed E-state index contributed by atoms with van der Waals surface area (Å²) in [6.07, 6.45) is -32.2. The third-order valence-electron chi connectivity index (χ3n) is 17.7. The Kier molecular flexibility index (Phi) is 25.9. The van der Waals surface area contributed by atoms with E-state index in [-0.39, 0.29) is 28.6 Å². The summed E-state index contributed by atoms with van der Waals surface area (Å²) < 4.78 is 75.6. The molecule has 0 bridgehead atoms. The third kappa shape index (κ3) is 19.7. The number of benzene rings is 6. The molecular weight excluding hydrogens is 1460 g/mol. The van der Waals surface area contributed by atoms with Gasteiger partial charge in [0.2, 0.25) is 30.9 Å². The first-order chi connectivity index (χ1) is 52.5. The van der Waals surface area contributed by atoms with Gasteiger partial charge in [-0.25, -0.2) is 19.2 Å². The first-order valence-electron chi connectivity index (χ1n) is 33.7. The van der Waals surface area contributed by atoms with Gasteiger partial charge in [0.25, 0.3) is 0 Å². The van der Waals surface area contributed by atoms with Crippen LogP contribution in [0.1, 0.15) is 39.5 Å². The van der Waals surface area contributed by atoms with Crippen molar-refractivity contribution in [3.63, 3.8) is 0 Å². The standard InChI is InChI=1S/C75H76O35/c76-39-13-1-34(2-14-39)9-21-54(81)98-30-50-59(86)63(90)67(94)72(107-50)102-43-27-45(80)44-29-49(106-75-70(97)66(93)62(89)53(110-75)33-101-57(84)24-12-37-7-19-42(79)20-8-37)71(103-46(44)28-43)38-25-47(104-73-68(95)64(91)60(87)51(108-73)31-99-55(82)22-10-35-3-15-40(77)16-4-35)58(85)48(26-38)105-74-69(96)65(92)61(88)52(109-74)32-100-56(83)23-11-36-5-17-41(78)18-6-36/h1-29,50-53,59-80,85-97H,30-33H2/b21-9+,22-10+,23-11+,24-12+/t50-,51-,52-,53-,59-,60-,61-,62-,63+,64+,65+,66+,67-,68-,69-,70-,71?,72-,73-,74-,75-/m1/s1. The molecular formula is C75H76O35. The SMILES string of the molecule is O=C(/C=C/c1ccc(O)cc1)OC[C@H]1O[C@@H](OC2=Cc3c(O)cc(O[C@@H]4O[C@H](COC(=O)/C=C/c5ccc(O)cc5)[C@@H](O)[C@H](O)[C@H]4O)cc3OC2c2cc(O[C@@H]3O[C@H](COC(=O)/C=C/c4ccc(O)cc4)[C@@H](O)[C@H](O)[C@H]3O)c(O)c(O[C@@H]3O[C@H](COC(=O)/C=C/c4ccc(O)cc4)[C@@H](O)[C@H](O)[C@H]3O)c2)[C@H](O)[C@@H](O)[C@@H]1O. The molecule has 0 spiro atoms. The summed E-state index contributed by atoms with van der Waals surface area (Å²) >= 11 is 0. The zero-order valence-electron chi connectivity index (χ0n) is 57.2. The van der Waals surface area contributed by atoms with E-state index >= 15 is 0 Å². The molecule has 0 radical (unpaired) electrons. The minimum Gasteiger partial charge on any atom is -0.508 e. The average Bonchev–Trinajstić information content (AvgIpc) is 0.759. The maximum Gasteiger partial charge on any atom is 0.330 e. The molecule has 0 saturated carbocycles. The van der Waals surface area contributed by atoms with Gasteiger partial charge in [-0.2, -0.15) is 0 Å². The van der Waals surface area contributed by atoms with Crippen molar-refractivity contribution in [1.82, 2.24) is 0 Å². The smallest absolute Gasteiger partial charge is 0.330 e. The van der Waals surface area contributed by atoms with Crippen LogP contribution in [-0.2, 0) is 61.8 Å². The summed E-state index contributed by atoms with van der Waals surface area (Å²) in [6, 6.07) is 26.6. The summed E-state index contributed by atoms with van der Waals surface area (Å²) in [5.74, 6) is -9.23. The van der Waals surface area contributed by atoms with Crippen LogP contribution in [0.2, 0.25) is 0 Å². The molecule has 6 aromatic rings. The molecule has 11 rings (SSSR count). The molecule has 0 amide bonds. The topological polar surface area (TPSA) is 552 Å². The lowest BCUT2D eigenvalue weighted by Gasteiger charge is -2.41. The van der Waals surface area contributed by atoms with Crippen molar-refractivity contribution in [2.45, 2.75) is 129 Å². The lowest BCUT2D eigenvalue weighted by atomic mass is 9.98. The molecule has 4 saturated heterocycles. The molecule has 110 heavy (non-hydrogen) atoms.